The first-order valence-electron chi connectivity index (χ1n) is 6.31. The molecule has 0 saturated heterocycles. The third-order valence-corrected chi connectivity index (χ3v) is 4.42. The van der Waals surface area contributed by atoms with Gasteiger partial charge in [0, 0.05) is 10.4 Å². The van der Waals surface area contributed by atoms with E-state index in [2.05, 4.69) is 11.4 Å². The summed E-state index contributed by atoms with van der Waals surface area (Å²) in [5.74, 6) is -0.0193. The summed E-state index contributed by atoms with van der Waals surface area (Å²) in [6.45, 7) is 0. The molecule has 0 fully saturated rings. The van der Waals surface area contributed by atoms with Crippen molar-refractivity contribution in [2.24, 2.45) is 0 Å². The highest BCUT2D eigenvalue weighted by Crippen LogP contribution is 2.33. The maximum absolute atomic E-state index is 12.0. The van der Waals surface area contributed by atoms with Crippen molar-refractivity contribution in [1.82, 2.24) is 0 Å². The Balaban J connectivity index is 1.77. The number of aryl methyl sites for hydroxylation is 2. The van der Waals surface area contributed by atoms with E-state index in [1.807, 2.05) is 30.3 Å². The van der Waals surface area contributed by atoms with Crippen LogP contribution in [0.5, 0.6) is 0 Å². The molecule has 18 heavy (non-hydrogen) atoms. The monoisotopic (exact) mass is 257 g/mol. The average molecular weight is 257 g/mol. The molecule has 0 spiro atoms. The third kappa shape index (κ3) is 2.31. The molecule has 0 radical (unpaired) electrons. The molecule has 2 aromatic rings. The highest BCUT2D eigenvalue weighted by Gasteiger charge is 2.14. The van der Waals surface area contributed by atoms with Crippen LogP contribution in [-0.2, 0) is 12.8 Å². The molecule has 1 aliphatic carbocycles. The van der Waals surface area contributed by atoms with Crippen LogP contribution in [0.1, 0.15) is 33.6 Å². The second kappa shape index (κ2) is 4.94. The summed E-state index contributed by atoms with van der Waals surface area (Å²) in [6, 6.07) is 11.5. The van der Waals surface area contributed by atoms with E-state index in [0.717, 1.165) is 11.4 Å². The molecule has 3 heteroatoms. The Hall–Kier alpha value is -1.61. The molecular weight excluding hydrogens is 242 g/mol. The number of thiophene rings is 1. The van der Waals surface area contributed by atoms with E-state index in [4.69, 9.17) is 0 Å². The van der Waals surface area contributed by atoms with E-state index in [1.54, 1.807) is 11.3 Å². The van der Waals surface area contributed by atoms with Crippen molar-refractivity contribution in [2.45, 2.75) is 25.7 Å². The molecule has 92 valence electrons. The van der Waals surface area contributed by atoms with E-state index in [9.17, 15) is 4.79 Å². The Kier molecular flexibility index (Phi) is 3.15. The molecule has 0 bridgehead atoms. The van der Waals surface area contributed by atoms with Crippen LogP contribution in [0.25, 0.3) is 0 Å². The minimum atomic E-state index is -0.0193. The Morgan fingerprint density at radius 3 is 2.67 bits per heavy atom. The first-order valence-corrected chi connectivity index (χ1v) is 7.12. The van der Waals surface area contributed by atoms with Gasteiger partial charge in [0.25, 0.3) is 5.91 Å². The van der Waals surface area contributed by atoms with E-state index in [0.29, 0.717) is 5.56 Å². The first-order chi connectivity index (χ1) is 8.83. The number of carbonyl (C=O) groups is 1. The molecule has 0 atom stereocenters. The van der Waals surface area contributed by atoms with Crippen LogP contribution in [-0.4, -0.2) is 5.91 Å². The van der Waals surface area contributed by atoms with Gasteiger partial charge in [-0.3, -0.25) is 4.79 Å². The van der Waals surface area contributed by atoms with Gasteiger partial charge in [-0.05, 0) is 49.4 Å². The number of hydrogen-bond acceptors (Lipinski definition) is 2. The third-order valence-electron chi connectivity index (χ3n) is 3.27. The van der Waals surface area contributed by atoms with Gasteiger partial charge >= 0.3 is 0 Å². The predicted molar refractivity (Wildman–Crippen MR) is 75.4 cm³/mol. The lowest BCUT2D eigenvalue weighted by molar-refractivity contribution is 0.102. The second-order valence-corrected chi connectivity index (χ2v) is 5.72. The van der Waals surface area contributed by atoms with E-state index < -0.39 is 0 Å². The lowest BCUT2D eigenvalue weighted by Crippen LogP contribution is -2.10. The standard InChI is InChI=1S/C15H15NOS/c17-15(11-6-2-1-3-7-11)16-14-10-12-8-4-5-9-13(12)18-14/h1-3,6-7,10H,4-5,8-9H2,(H,16,17). The van der Waals surface area contributed by atoms with Crippen molar-refractivity contribution in [2.75, 3.05) is 5.32 Å². The predicted octanol–water partition coefficient (Wildman–Crippen LogP) is 3.88. The van der Waals surface area contributed by atoms with Gasteiger partial charge in [0.05, 0.1) is 5.00 Å². The Bertz CT molecular complexity index is 536. The summed E-state index contributed by atoms with van der Waals surface area (Å²) in [5, 5.41) is 3.98. The van der Waals surface area contributed by atoms with Crippen LogP contribution in [0, 0.1) is 0 Å². The number of rotatable bonds is 2. The summed E-state index contributed by atoms with van der Waals surface area (Å²) < 4.78 is 0. The number of fused-ring (bicyclic) bond motifs is 1. The van der Waals surface area contributed by atoms with Crippen molar-refractivity contribution in [3.8, 4) is 0 Å². The number of anilines is 1. The number of amides is 1. The van der Waals surface area contributed by atoms with Crippen molar-refractivity contribution < 1.29 is 4.79 Å². The summed E-state index contributed by atoms with van der Waals surface area (Å²) in [4.78, 5) is 13.5. The Labute approximate surface area is 111 Å². The summed E-state index contributed by atoms with van der Waals surface area (Å²) in [7, 11) is 0. The molecule has 1 heterocycles. The fourth-order valence-electron chi connectivity index (χ4n) is 2.33. The van der Waals surface area contributed by atoms with Gasteiger partial charge in [-0.15, -0.1) is 11.3 Å². The SMILES string of the molecule is O=C(Nc1cc2c(s1)CCCC2)c1ccccc1. The Morgan fingerprint density at radius 2 is 1.89 bits per heavy atom. The zero-order chi connectivity index (χ0) is 12.4. The number of hydrogen-bond donors (Lipinski definition) is 1. The molecular formula is C15H15NOS. The van der Waals surface area contributed by atoms with Gasteiger partial charge in [0.2, 0.25) is 0 Å². The van der Waals surface area contributed by atoms with Gasteiger partial charge in [0.1, 0.15) is 0 Å². The fraction of sp³-hybridized carbons (Fsp3) is 0.267. The topological polar surface area (TPSA) is 29.1 Å². The average Bonchev–Trinajstić information content (AvgIpc) is 2.82. The van der Waals surface area contributed by atoms with Crippen molar-refractivity contribution in [3.63, 3.8) is 0 Å². The number of benzene rings is 1. The lowest BCUT2D eigenvalue weighted by atomic mass is 10.00. The summed E-state index contributed by atoms with van der Waals surface area (Å²) in [5.41, 5.74) is 2.14. The largest absolute Gasteiger partial charge is 0.314 e. The van der Waals surface area contributed by atoms with Crippen LogP contribution in [0.4, 0.5) is 5.00 Å². The molecule has 3 rings (SSSR count). The molecule has 1 aliphatic rings. The second-order valence-electron chi connectivity index (χ2n) is 4.59. The first kappa shape index (κ1) is 11.5. The van der Waals surface area contributed by atoms with Gasteiger partial charge in [-0.1, -0.05) is 18.2 Å². The summed E-state index contributed by atoms with van der Waals surface area (Å²) >= 11 is 1.73. The number of nitrogens with one attached hydrogen (secondary N) is 1. The minimum absolute atomic E-state index is 0.0193. The van der Waals surface area contributed by atoms with Crippen LogP contribution in [0.2, 0.25) is 0 Å². The quantitative estimate of drug-likeness (QED) is 0.869. The molecule has 1 aromatic heterocycles. The summed E-state index contributed by atoms with van der Waals surface area (Å²) in [6.07, 6.45) is 4.88. The van der Waals surface area contributed by atoms with Gasteiger partial charge < -0.3 is 5.32 Å². The van der Waals surface area contributed by atoms with Gasteiger partial charge in [-0.2, -0.15) is 0 Å². The maximum atomic E-state index is 12.0. The molecule has 1 N–H and O–H groups in total. The van der Waals surface area contributed by atoms with Crippen LogP contribution >= 0.6 is 11.3 Å². The fourth-order valence-corrected chi connectivity index (χ4v) is 3.47. The molecule has 2 nitrogen and oxygen atoms in total. The zero-order valence-corrected chi connectivity index (χ0v) is 10.9. The smallest absolute Gasteiger partial charge is 0.256 e. The molecule has 1 aromatic carbocycles. The highest BCUT2D eigenvalue weighted by atomic mass is 32.1. The van der Waals surface area contributed by atoms with E-state index >= 15 is 0 Å². The van der Waals surface area contributed by atoms with Crippen LogP contribution < -0.4 is 5.32 Å². The normalized spacial score (nSPS) is 14.0. The minimum Gasteiger partial charge on any atom is -0.314 e. The van der Waals surface area contributed by atoms with Crippen LogP contribution in [0.3, 0.4) is 0 Å². The maximum Gasteiger partial charge on any atom is 0.256 e. The van der Waals surface area contributed by atoms with Crippen LogP contribution in [0.15, 0.2) is 36.4 Å². The number of carbonyl (C=O) groups excluding carboxylic acids is 1. The molecule has 0 saturated carbocycles. The van der Waals surface area contributed by atoms with E-state index in [1.165, 1.54) is 29.7 Å². The molecule has 0 aliphatic heterocycles. The van der Waals surface area contributed by atoms with Crippen molar-refractivity contribution >= 4 is 22.2 Å². The van der Waals surface area contributed by atoms with Gasteiger partial charge in [0.15, 0.2) is 0 Å². The lowest BCUT2D eigenvalue weighted by Gasteiger charge is -2.08. The highest BCUT2D eigenvalue weighted by molar-refractivity contribution is 7.16. The molecule has 0 unspecified atom stereocenters. The Morgan fingerprint density at radius 1 is 1.11 bits per heavy atom. The van der Waals surface area contributed by atoms with E-state index in [-0.39, 0.29) is 5.91 Å². The van der Waals surface area contributed by atoms with Crippen molar-refractivity contribution in [3.05, 3.63) is 52.4 Å². The van der Waals surface area contributed by atoms with Gasteiger partial charge in [-0.25, -0.2) is 0 Å². The zero-order valence-electron chi connectivity index (χ0n) is 10.1. The van der Waals surface area contributed by atoms with Crippen molar-refractivity contribution in [1.29, 1.82) is 0 Å². The molecule has 1 amide bonds.